The Labute approximate surface area is 121 Å². The minimum Gasteiger partial charge on any atom is -0.297 e. The average molecular weight is 309 g/mol. The number of aromatic nitrogens is 1. The Morgan fingerprint density at radius 3 is 2.37 bits per heavy atom. The van der Waals surface area contributed by atoms with E-state index in [0.717, 1.165) is 5.69 Å². The van der Waals surface area contributed by atoms with Crippen LogP contribution in [0.5, 0.6) is 0 Å². The largest absolute Gasteiger partial charge is 0.297 e. The number of likely N-dealkylation sites (tertiary alicyclic amines) is 1. The van der Waals surface area contributed by atoms with Gasteiger partial charge in [-0.05, 0) is 6.07 Å². The third-order valence-corrected chi connectivity index (χ3v) is 4.34. The molecule has 0 bridgehead atoms. The lowest BCUT2D eigenvalue weighted by Gasteiger charge is -2.41. The number of alkyl halides is 2. The SMILES string of the molecule is C[C@@H]1CN(Cc2cc(Cl)c(Cl)cn2)C[C@H](C)C1(F)F. The number of pyridine rings is 1. The first-order valence-corrected chi connectivity index (χ1v) is 6.96. The lowest BCUT2D eigenvalue weighted by molar-refractivity contribution is -0.140. The fourth-order valence-corrected chi connectivity index (χ4v) is 2.75. The van der Waals surface area contributed by atoms with Gasteiger partial charge in [0.15, 0.2) is 0 Å². The van der Waals surface area contributed by atoms with Crippen LogP contribution < -0.4 is 0 Å². The molecule has 0 saturated carbocycles. The normalized spacial score (nSPS) is 27.5. The van der Waals surface area contributed by atoms with E-state index in [1.54, 1.807) is 19.9 Å². The summed E-state index contributed by atoms with van der Waals surface area (Å²) >= 11 is 11.7. The van der Waals surface area contributed by atoms with Gasteiger partial charge in [-0.3, -0.25) is 9.88 Å². The standard InChI is InChI=1S/C13H16Cl2F2N2/c1-8-5-19(6-9(2)13(8,16)17)7-10-3-11(14)12(15)4-18-10/h3-4,8-9H,5-7H2,1-2H3/t8-,9+. The zero-order valence-corrected chi connectivity index (χ0v) is 12.3. The van der Waals surface area contributed by atoms with Crippen molar-refractivity contribution in [3.8, 4) is 0 Å². The summed E-state index contributed by atoms with van der Waals surface area (Å²) in [5, 5.41) is 0.840. The summed E-state index contributed by atoms with van der Waals surface area (Å²) in [6.07, 6.45) is 1.49. The lowest BCUT2D eigenvalue weighted by Crippen LogP contribution is -2.51. The molecule has 0 aromatic carbocycles. The number of nitrogens with zero attached hydrogens (tertiary/aromatic N) is 2. The van der Waals surface area contributed by atoms with Gasteiger partial charge >= 0.3 is 0 Å². The van der Waals surface area contributed by atoms with Crippen LogP contribution in [0.4, 0.5) is 8.78 Å². The van der Waals surface area contributed by atoms with E-state index in [4.69, 9.17) is 23.2 Å². The van der Waals surface area contributed by atoms with E-state index >= 15 is 0 Å². The summed E-state index contributed by atoms with van der Waals surface area (Å²) in [4.78, 5) is 6.16. The summed E-state index contributed by atoms with van der Waals surface area (Å²) in [7, 11) is 0. The van der Waals surface area contributed by atoms with Crippen LogP contribution in [0.3, 0.4) is 0 Å². The maximum atomic E-state index is 13.7. The van der Waals surface area contributed by atoms with E-state index in [0.29, 0.717) is 29.7 Å². The number of hydrogen-bond acceptors (Lipinski definition) is 2. The van der Waals surface area contributed by atoms with Gasteiger partial charge in [0.05, 0.1) is 15.7 Å². The Kier molecular flexibility index (Phi) is 4.33. The fraction of sp³-hybridized carbons (Fsp3) is 0.615. The van der Waals surface area contributed by atoms with Crippen molar-refractivity contribution in [3.63, 3.8) is 0 Å². The molecule has 2 atom stereocenters. The molecule has 1 fully saturated rings. The first-order chi connectivity index (χ1) is 8.80. The molecule has 19 heavy (non-hydrogen) atoms. The molecular weight excluding hydrogens is 293 g/mol. The van der Waals surface area contributed by atoms with Gasteiger partial charge in [0.2, 0.25) is 0 Å². The van der Waals surface area contributed by atoms with Crippen LogP contribution in [-0.2, 0) is 6.54 Å². The van der Waals surface area contributed by atoms with Crippen LogP contribution in [0.2, 0.25) is 10.0 Å². The highest BCUT2D eigenvalue weighted by Gasteiger charge is 2.46. The molecule has 2 rings (SSSR count). The molecule has 1 saturated heterocycles. The molecule has 0 spiro atoms. The highest BCUT2D eigenvalue weighted by Crippen LogP contribution is 2.37. The first-order valence-electron chi connectivity index (χ1n) is 6.20. The molecule has 0 N–H and O–H groups in total. The van der Waals surface area contributed by atoms with Crippen LogP contribution in [0.15, 0.2) is 12.3 Å². The van der Waals surface area contributed by atoms with E-state index < -0.39 is 17.8 Å². The molecule has 1 aliphatic heterocycles. The van der Waals surface area contributed by atoms with Gasteiger partial charge in [-0.1, -0.05) is 37.0 Å². The van der Waals surface area contributed by atoms with Crippen LogP contribution in [0.1, 0.15) is 19.5 Å². The molecule has 2 nitrogen and oxygen atoms in total. The molecule has 0 aliphatic carbocycles. The lowest BCUT2D eigenvalue weighted by atomic mass is 9.87. The summed E-state index contributed by atoms with van der Waals surface area (Å²) in [6, 6.07) is 1.69. The third-order valence-electron chi connectivity index (χ3n) is 3.63. The second-order valence-corrected chi connectivity index (χ2v) is 6.07. The third kappa shape index (κ3) is 3.18. The molecule has 2 heterocycles. The number of piperidine rings is 1. The number of hydrogen-bond donors (Lipinski definition) is 0. The van der Waals surface area contributed by atoms with Crippen molar-refractivity contribution in [2.45, 2.75) is 26.3 Å². The van der Waals surface area contributed by atoms with Gasteiger partial charge in [-0.2, -0.15) is 0 Å². The Morgan fingerprint density at radius 1 is 1.26 bits per heavy atom. The summed E-state index contributed by atoms with van der Waals surface area (Å²) < 4.78 is 27.5. The zero-order valence-electron chi connectivity index (χ0n) is 10.8. The van der Waals surface area contributed by atoms with Gasteiger partial charge in [0.1, 0.15) is 0 Å². The topological polar surface area (TPSA) is 16.1 Å². The predicted octanol–water partition coefficient (Wildman–Crippen LogP) is 4.11. The highest BCUT2D eigenvalue weighted by molar-refractivity contribution is 6.41. The van der Waals surface area contributed by atoms with Gasteiger partial charge in [0, 0.05) is 37.7 Å². The molecule has 6 heteroatoms. The molecular formula is C13H16Cl2F2N2. The highest BCUT2D eigenvalue weighted by atomic mass is 35.5. The van der Waals surface area contributed by atoms with Crippen molar-refractivity contribution in [3.05, 3.63) is 28.0 Å². The van der Waals surface area contributed by atoms with E-state index in [1.807, 2.05) is 4.90 Å². The van der Waals surface area contributed by atoms with Crippen molar-refractivity contribution >= 4 is 23.2 Å². The van der Waals surface area contributed by atoms with Crippen LogP contribution >= 0.6 is 23.2 Å². The van der Waals surface area contributed by atoms with E-state index in [2.05, 4.69) is 4.98 Å². The van der Waals surface area contributed by atoms with Gasteiger partial charge < -0.3 is 0 Å². The maximum Gasteiger partial charge on any atom is 0.255 e. The van der Waals surface area contributed by atoms with E-state index in [9.17, 15) is 8.78 Å². The van der Waals surface area contributed by atoms with Crippen LogP contribution in [0.25, 0.3) is 0 Å². The molecule has 1 aromatic heterocycles. The minimum absolute atomic E-state index is 0.360. The Balaban J connectivity index is 2.06. The molecule has 1 aliphatic rings. The Bertz CT molecular complexity index is 454. The molecule has 1 aromatic rings. The van der Waals surface area contributed by atoms with Crippen LogP contribution in [-0.4, -0.2) is 28.9 Å². The Hall–Kier alpha value is -0.450. The smallest absolute Gasteiger partial charge is 0.255 e. The van der Waals surface area contributed by atoms with Crippen molar-refractivity contribution in [1.29, 1.82) is 0 Å². The zero-order chi connectivity index (χ0) is 14.2. The minimum atomic E-state index is -2.60. The van der Waals surface area contributed by atoms with E-state index in [1.165, 1.54) is 6.20 Å². The predicted molar refractivity (Wildman–Crippen MR) is 72.8 cm³/mol. The molecule has 0 amide bonds. The van der Waals surface area contributed by atoms with Gasteiger partial charge in [0.25, 0.3) is 5.92 Å². The monoisotopic (exact) mass is 308 g/mol. The Morgan fingerprint density at radius 2 is 1.84 bits per heavy atom. The quantitative estimate of drug-likeness (QED) is 0.817. The first kappa shape index (κ1) is 14.9. The van der Waals surface area contributed by atoms with E-state index in [-0.39, 0.29) is 0 Å². The second kappa shape index (κ2) is 5.51. The van der Waals surface area contributed by atoms with Crippen molar-refractivity contribution in [2.24, 2.45) is 11.8 Å². The van der Waals surface area contributed by atoms with Crippen molar-refractivity contribution < 1.29 is 8.78 Å². The van der Waals surface area contributed by atoms with Crippen molar-refractivity contribution in [1.82, 2.24) is 9.88 Å². The maximum absolute atomic E-state index is 13.7. The molecule has 0 unspecified atom stereocenters. The van der Waals surface area contributed by atoms with Gasteiger partial charge in [-0.15, -0.1) is 0 Å². The molecule has 106 valence electrons. The second-order valence-electron chi connectivity index (χ2n) is 5.26. The summed E-state index contributed by atoms with van der Waals surface area (Å²) in [5.41, 5.74) is 0.749. The summed E-state index contributed by atoms with van der Waals surface area (Å²) in [6.45, 7) is 4.41. The number of rotatable bonds is 2. The fourth-order valence-electron chi connectivity index (χ4n) is 2.48. The van der Waals surface area contributed by atoms with Gasteiger partial charge in [-0.25, -0.2) is 8.78 Å². The molecule has 0 radical (unpaired) electrons. The average Bonchev–Trinajstić information content (AvgIpc) is 2.32. The number of halogens is 4. The van der Waals surface area contributed by atoms with Crippen molar-refractivity contribution in [2.75, 3.05) is 13.1 Å². The summed E-state index contributed by atoms with van der Waals surface area (Å²) in [5.74, 6) is -3.90. The van der Waals surface area contributed by atoms with Crippen LogP contribution in [0, 0.1) is 11.8 Å².